The third-order valence-electron chi connectivity index (χ3n) is 5.74. The van der Waals surface area contributed by atoms with E-state index in [-0.39, 0.29) is 24.1 Å². The molecular formula is C21H27BrN5O3+. The Morgan fingerprint density at radius 3 is 2.37 bits per heavy atom. The van der Waals surface area contributed by atoms with Crippen molar-refractivity contribution in [2.75, 3.05) is 33.7 Å². The monoisotopic (exact) mass is 476 g/mol. The quantitative estimate of drug-likeness (QED) is 0.621. The Balaban J connectivity index is 1.69. The van der Waals surface area contributed by atoms with Crippen LogP contribution in [-0.2, 0) is 16.1 Å². The number of fused-ring (bicyclic) bond motifs is 1. The van der Waals surface area contributed by atoms with Crippen LogP contribution in [0.15, 0.2) is 33.7 Å². The SMILES string of the molecule is CC1CN(CC2=[N+](Cc3ccc(Br)cc3)C3C(=O)N(C)C(=O)N(C)C3=N2)CC(C)O1. The first-order valence-electron chi connectivity index (χ1n) is 10.1. The summed E-state index contributed by atoms with van der Waals surface area (Å²) in [5.41, 5.74) is 1.07. The summed E-state index contributed by atoms with van der Waals surface area (Å²) in [6, 6.07) is 7.10. The lowest BCUT2D eigenvalue weighted by Gasteiger charge is -2.34. The van der Waals surface area contributed by atoms with Gasteiger partial charge in [-0.3, -0.25) is 19.5 Å². The first-order valence-corrected chi connectivity index (χ1v) is 10.9. The summed E-state index contributed by atoms with van der Waals surface area (Å²) >= 11 is 3.47. The van der Waals surface area contributed by atoms with Gasteiger partial charge >= 0.3 is 11.9 Å². The molecule has 3 aliphatic rings. The van der Waals surface area contributed by atoms with Crippen LogP contribution >= 0.6 is 15.9 Å². The number of hydrogen-bond donors (Lipinski definition) is 0. The van der Waals surface area contributed by atoms with Gasteiger partial charge in [-0.05, 0) is 36.5 Å². The molecule has 9 heteroatoms. The Labute approximate surface area is 184 Å². The highest BCUT2D eigenvalue weighted by Crippen LogP contribution is 2.22. The van der Waals surface area contributed by atoms with E-state index in [9.17, 15) is 9.59 Å². The van der Waals surface area contributed by atoms with Gasteiger partial charge in [0.15, 0.2) is 0 Å². The van der Waals surface area contributed by atoms with Crippen LogP contribution in [0.3, 0.4) is 0 Å². The van der Waals surface area contributed by atoms with Crippen molar-refractivity contribution in [1.82, 2.24) is 14.7 Å². The average molecular weight is 477 g/mol. The van der Waals surface area contributed by atoms with Crippen LogP contribution in [0.25, 0.3) is 0 Å². The molecule has 30 heavy (non-hydrogen) atoms. The molecule has 0 N–H and O–H groups in total. The lowest BCUT2D eigenvalue weighted by molar-refractivity contribution is -0.552. The largest absolute Gasteiger partial charge is 0.373 e. The van der Waals surface area contributed by atoms with E-state index >= 15 is 0 Å². The highest BCUT2D eigenvalue weighted by molar-refractivity contribution is 9.10. The molecule has 0 aliphatic carbocycles. The summed E-state index contributed by atoms with van der Waals surface area (Å²) in [6.45, 7) is 6.89. The number of aliphatic imine (C=N–C) groups is 1. The number of ether oxygens (including phenoxy) is 1. The van der Waals surface area contributed by atoms with Crippen LogP contribution in [0.5, 0.6) is 0 Å². The third kappa shape index (κ3) is 3.93. The molecule has 160 valence electrons. The molecule has 0 bridgehead atoms. The van der Waals surface area contributed by atoms with Gasteiger partial charge in [0.2, 0.25) is 0 Å². The number of rotatable bonds is 4. The van der Waals surface area contributed by atoms with E-state index in [1.165, 1.54) is 16.8 Å². The van der Waals surface area contributed by atoms with Crippen molar-refractivity contribution in [3.63, 3.8) is 0 Å². The summed E-state index contributed by atoms with van der Waals surface area (Å²) in [7, 11) is 3.20. The zero-order valence-corrected chi connectivity index (χ0v) is 19.3. The zero-order valence-electron chi connectivity index (χ0n) is 17.7. The number of benzene rings is 1. The number of amidine groups is 2. The van der Waals surface area contributed by atoms with Crippen molar-refractivity contribution < 1.29 is 18.9 Å². The molecule has 3 heterocycles. The third-order valence-corrected chi connectivity index (χ3v) is 6.27. The van der Waals surface area contributed by atoms with Crippen molar-refractivity contribution in [1.29, 1.82) is 0 Å². The number of likely N-dealkylation sites (N-methyl/N-ethyl adjacent to an activating group) is 2. The number of urea groups is 1. The molecule has 3 aliphatic heterocycles. The standard InChI is InChI=1S/C21H27BrN5O3/c1-13-9-26(10-14(2)30-13)12-17-23-19-18(20(28)25(4)21(29)24(19)3)27(17)11-15-5-7-16(22)8-6-15/h5-8,13-14,18H,9-12H2,1-4H3/q+1. The van der Waals surface area contributed by atoms with Crippen LogP contribution < -0.4 is 0 Å². The molecule has 1 aromatic rings. The Kier molecular flexibility index (Phi) is 5.78. The zero-order chi connectivity index (χ0) is 21.6. The number of nitrogens with zero attached hydrogens (tertiary/aromatic N) is 5. The van der Waals surface area contributed by atoms with Gasteiger partial charge in [-0.15, -0.1) is 0 Å². The van der Waals surface area contributed by atoms with Gasteiger partial charge in [0.1, 0.15) is 13.1 Å². The predicted octanol–water partition coefficient (Wildman–Crippen LogP) is 1.77. The van der Waals surface area contributed by atoms with Crippen LogP contribution in [0.4, 0.5) is 4.79 Å². The number of imide groups is 1. The maximum Gasteiger partial charge on any atom is 0.333 e. The van der Waals surface area contributed by atoms with E-state index in [1.54, 1.807) is 7.05 Å². The van der Waals surface area contributed by atoms with Crippen LogP contribution in [0, 0.1) is 0 Å². The van der Waals surface area contributed by atoms with Gasteiger partial charge in [0.05, 0.1) is 12.2 Å². The van der Waals surface area contributed by atoms with Crippen LogP contribution in [0.2, 0.25) is 0 Å². The van der Waals surface area contributed by atoms with Gasteiger partial charge in [-0.25, -0.2) is 9.37 Å². The second-order valence-corrected chi connectivity index (χ2v) is 9.15. The van der Waals surface area contributed by atoms with E-state index in [0.29, 0.717) is 18.9 Å². The molecule has 3 atom stereocenters. The van der Waals surface area contributed by atoms with E-state index in [1.807, 2.05) is 28.8 Å². The van der Waals surface area contributed by atoms with E-state index in [0.717, 1.165) is 29.0 Å². The molecule has 4 rings (SSSR count). The summed E-state index contributed by atoms with van der Waals surface area (Å²) < 4.78 is 8.89. The highest BCUT2D eigenvalue weighted by atomic mass is 79.9. The summed E-state index contributed by atoms with van der Waals surface area (Å²) in [5.74, 6) is 1.07. The molecule has 0 saturated carbocycles. The maximum absolute atomic E-state index is 13.1. The minimum Gasteiger partial charge on any atom is -0.373 e. The predicted molar refractivity (Wildman–Crippen MR) is 117 cm³/mol. The molecule has 2 fully saturated rings. The number of carbonyl (C=O) groups is 2. The fraction of sp³-hybridized carbons (Fsp3) is 0.524. The van der Waals surface area contributed by atoms with Gasteiger partial charge in [-0.1, -0.05) is 28.1 Å². The fourth-order valence-electron chi connectivity index (χ4n) is 4.36. The van der Waals surface area contributed by atoms with E-state index in [4.69, 9.17) is 9.73 Å². The number of amides is 3. The van der Waals surface area contributed by atoms with Crippen molar-refractivity contribution in [3.05, 3.63) is 34.3 Å². The molecule has 3 unspecified atom stereocenters. The second kappa shape index (κ2) is 8.20. The lowest BCUT2D eigenvalue weighted by Crippen LogP contribution is -2.61. The smallest absolute Gasteiger partial charge is 0.333 e. The Morgan fingerprint density at radius 2 is 1.73 bits per heavy atom. The Morgan fingerprint density at radius 1 is 1.10 bits per heavy atom. The minimum atomic E-state index is -0.591. The number of morpholine rings is 1. The number of carbonyl (C=O) groups excluding carboxylic acids is 2. The molecule has 0 spiro atoms. The van der Waals surface area contributed by atoms with E-state index < -0.39 is 6.04 Å². The highest BCUT2D eigenvalue weighted by Gasteiger charge is 2.53. The first kappa shape index (κ1) is 21.1. The van der Waals surface area contributed by atoms with Crippen molar-refractivity contribution in [3.8, 4) is 0 Å². The minimum absolute atomic E-state index is 0.141. The first-order chi connectivity index (χ1) is 14.2. The van der Waals surface area contributed by atoms with Crippen molar-refractivity contribution in [2.24, 2.45) is 4.99 Å². The average Bonchev–Trinajstić information content (AvgIpc) is 3.03. The van der Waals surface area contributed by atoms with Gasteiger partial charge in [0.25, 0.3) is 17.8 Å². The molecule has 8 nitrogen and oxygen atoms in total. The Bertz CT molecular complexity index is 919. The lowest BCUT2D eigenvalue weighted by atomic mass is 10.1. The molecule has 0 radical (unpaired) electrons. The summed E-state index contributed by atoms with van der Waals surface area (Å²) in [6.07, 6.45) is 0.283. The van der Waals surface area contributed by atoms with Gasteiger partial charge < -0.3 is 4.74 Å². The molecule has 2 saturated heterocycles. The van der Waals surface area contributed by atoms with Crippen molar-refractivity contribution >= 4 is 39.5 Å². The fourth-order valence-corrected chi connectivity index (χ4v) is 4.62. The summed E-state index contributed by atoms with van der Waals surface area (Å²) in [4.78, 5) is 35.3. The molecular weight excluding hydrogens is 450 g/mol. The maximum atomic E-state index is 13.1. The number of halogens is 1. The topological polar surface area (TPSA) is 68.5 Å². The molecule has 1 aromatic carbocycles. The normalized spacial score (nSPS) is 27.6. The second-order valence-electron chi connectivity index (χ2n) is 8.23. The van der Waals surface area contributed by atoms with Crippen molar-refractivity contribution in [2.45, 2.75) is 38.6 Å². The summed E-state index contributed by atoms with van der Waals surface area (Å²) in [5, 5.41) is 0. The number of hydrogen-bond acceptors (Lipinski definition) is 5. The Hall–Kier alpha value is -2.10. The van der Waals surface area contributed by atoms with Crippen LogP contribution in [-0.4, -0.2) is 94.9 Å². The van der Waals surface area contributed by atoms with Crippen LogP contribution in [0.1, 0.15) is 19.4 Å². The van der Waals surface area contributed by atoms with Gasteiger partial charge in [-0.2, -0.15) is 0 Å². The molecule has 3 amide bonds. The molecule has 0 aromatic heterocycles. The van der Waals surface area contributed by atoms with E-state index in [2.05, 4.69) is 34.7 Å². The van der Waals surface area contributed by atoms with Gasteiger partial charge in [0, 0.05) is 31.7 Å².